The zero-order chi connectivity index (χ0) is 9.68. The highest BCUT2D eigenvalue weighted by Gasteiger charge is 2.06. The molecule has 0 aliphatic carbocycles. The van der Waals surface area contributed by atoms with E-state index in [1.54, 1.807) is 12.1 Å². The van der Waals surface area contributed by atoms with Crippen LogP contribution in [0.25, 0.3) is 0 Å². The molecule has 0 saturated heterocycles. The minimum atomic E-state index is -0.382. The summed E-state index contributed by atoms with van der Waals surface area (Å²) in [7, 11) is 1.47. The molecule has 1 rings (SSSR count). The molecule has 0 amide bonds. The first-order valence-electron chi connectivity index (χ1n) is 3.97. The number of ether oxygens (including phenoxy) is 1. The minimum Gasteiger partial charge on any atom is -0.494 e. The van der Waals surface area contributed by atoms with Crippen LogP contribution in [0, 0.1) is 5.82 Å². The normalized spacial score (nSPS) is 9.77. The Labute approximate surface area is 76.1 Å². The van der Waals surface area contributed by atoms with Crippen LogP contribution in [0.1, 0.15) is 0 Å². The number of halogens is 1. The summed E-state index contributed by atoms with van der Waals surface area (Å²) in [6.07, 6.45) is 0. The number of anilines is 1. The molecule has 1 aromatic rings. The maximum Gasteiger partial charge on any atom is 0.150 e. The largest absolute Gasteiger partial charge is 0.494 e. The number of para-hydroxylation sites is 1. The van der Waals surface area contributed by atoms with Gasteiger partial charge < -0.3 is 15.2 Å². The molecule has 72 valence electrons. The van der Waals surface area contributed by atoms with Crippen LogP contribution < -0.4 is 10.1 Å². The summed E-state index contributed by atoms with van der Waals surface area (Å²) >= 11 is 0. The predicted octanol–water partition coefficient (Wildman–Crippen LogP) is 1.24. The molecule has 13 heavy (non-hydrogen) atoms. The molecule has 0 aromatic heterocycles. The van der Waals surface area contributed by atoms with E-state index in [2.05, 4.69) is 5.32 Å². The van der Waals surface area contributed by atoms with E-state index in [-0.39, 0.29) is 12.4 Å². The highest BCUT2D eigenvalue weighted by molar-refractivity contribution is 5.57. The number of aliphatic hydroxyl groups excluding tert-OH is 1. The fourth-order valence-corrected chi connectivity index (χ4v) is 1.03. The van der Waals surface area contributed by atoms with Crippen molar-refractivity contribution in [3.05, 3.63) is 24.0 Å². The topological polar surface area (TPSA) is 41.5 Å². The number of nitrogens with one attached hydrogen (secondary N) is 1. The Morgan fingerprint density at radius 1 is 1.54 bits per heavy atom. The molecule has 0 aliphatic heterocycles. The van der Waals surface area contributed by atoms with E-state index >= 15 is 0 Å². The summed E-state index contributed by atoms with van der Waals surface area (Å²) in [6, 6.07) is 4.56. The molecule has 0 heterocycles. The van der Waals surface area contributed by atoms with E-state index in [4.69, 9.17) is 9.84 Å². The molecule has 0 fully saturated rings. The van der Waals surface area contributed by atoms with Gasteiger partial charge in [0.1, 0.15) is 17.3 Å². The fraction of sp³-hybridized carbons (Fsp3) is 0.333. The molecule has 1 aromatic carbocycles. The Morgan fingerprint density at radius 3 is 2.92 bits per heavy atom. The average Bonchev–Trinajstić information content (AvgIpc) is 2.15. The fourth-order valence-electron chi connectivity index (χ4n) is 1.03. The van der Waals surface area contributed by atoms with Crippen LogP contribution in [-0.2, 0) is 0 Å². The van der Waals surface area contributed by atoms with Crippen LogP contribution in [0.15, 0.2) is 18.2 Å². The Kier molecular flexibility index (Phi) is 3.52. The summed E-state index contributed by atoms with van der Waals surface area (Å²) in [5, 5.41) is 11.3. The lowest BCUT2D eigenvalue weighted by Crippen LogP contribution is -2.08. The molecule has 2 N–H and O–H groups in total. The van der Waals surface area contributed by atoms with Gasteiger partial charge in [-0.05, 0) is 12.1 Å². The van der Waals surface area contributed by atoms with Crippen LogP contribution in [0.5, 0.6) is 5.75 Å². The molecule has 0 atom stereocenters. The quantitative estimate of drug-likeness (QED) is 0.741. The first-order chi connectivity index (χ1) is 6.29. The lowest BCUT2D eigenvalue weighted by Gasteiger charge is -2.10. The van der Waals surface area contributed by atoms with Gasteiger partial charge in [-0.3, -0.25) is 0 Å². The van der Waals surface area contributed by atoms with Crippen molar-refractivity contribution in [3.8, 4) is 5.75 Å². The van der Waals surface area contributed by atoms with E-state index < -0.39 is 0 Å². The Morgan fingerprint density at radius 2 is 2.31 bits per heavy atom. The maximum atomic E-state index is 13.1. The van der Waals surface area contributed by atoms with E-state index in [1.165, 1.54) is 13.2 Å². The Balaban J connectivity index is 2.87. The summed E-state index contributed by atoms with van der Waals surface area (Å²) < 4.78 is 18.1. The smallest absolute Gasteiger partial charge is 0.150 e. The number of rotatable bonds is 4. The Bertz CT molecular complexity index is 278. The lowest BCUT2D eigenvalue weighted by molar-refractivity contribution is 0.310. The molecule has 0 radical (unpaired) electrons. The van der Waals surface area contributed by atoms with Gasteiger partial charge in [0.05, 0.1) is 13.7 Å². The first kappa shape index (κ1) is 9.80. The van der Waals surface area contributed by atoms with Crippen LogP contribution in [0.3, 0.4) is 0 Å². The van der Waals surface area contributed by atoms with E-state index in [0.29, 0.717) is 18.0 Å². The minimum absolute atomic E-state index is 0.0442. The zero-order valence-corrected chi connectivity index (χ0v) is 7.38. The van der Waals surface area contributed by atoms with Gasteiger partial charge in [-0.1, -0.05) is 6.07 Å². The Hall–Kier alpha value is -1.29. The third-order valence-corrected chi connectivity index (χ3v) is 1.61. The number of methoxy groups -OCH3 is 1. The second-order valence-corrected chi connectivity index (χ2v) is 2.47. The molecule has 0 unspecified atom stereocenters. The third-order valence-electron chi connectivity index (χ3n) is 1.61. The van der Waals surface area contributed by atoms with Crippen molar-refractivity contribution in [1.29, 1.82) is 0 Å². The molecule has 0 aliphatic rings. The van der Waals surface area contributed by atoms with Crippen LogP contribution in [0.4, 0.5) is 10.1 Å². The molecule has 4 heteroatoms. The van der Waals surface area contributed by atoms with Gasteiger partial charge in [0.25, 0.3) is 0 Å². The van der Waals surface area contributed by atoms with Crippen LogP contribution in [0.2, 0.25) is 0 Å². The summed E-state index contributed by atoms with van der Waals surface area (Å²) in [4.78, 5) is 0. The van der Waals surface area contributed by atoms with E-state index in [9.17, 15) is 4.39 Å². The highest BCUT2D eigenvalue weighted by atomic mass is 19.1. The van der Waals surface area contributed by atoms with Gasteiger partial charge in [-0.25, -0.2) is 4.39 Å². The summed E-state index contributed by atoms with van der Waals surface area (Å²) in [6.45, 7) is 0.259. The number of aliphatic hydroxyl groups is 1. The summed E-state index contributed by atoms with van der Waals surface area (Å²) in [5.74, 6) is 0.0567. The van der Waals surface area contributed by atoms with Gasteiger partial charge in [0.2, 0.25) is 0 Å². The maximum absolute atomic E-state index is 13.1. The molecule has 0 spiro atoms. The average molecular weight is 185 g/mol. The predicted molar refractivity (Wildman–Crippen MR) is 48.5 cm³/mol. The summed E-state index contributed by atoms with van der Waals surface area (Å²) in [5.41, 5.74) is 0.291. The number of hydrogen-bond acceptors (Lipinski definition) is 3. The third kappa shape index (κ3) is 2.32. The van der Waals surface area contributed by atoms with Gasteiger partial charge in [-0.15, -0.1) is 0 Å². The molecule has 0 bridgehead atoms. The zero-order valence-electron chi connectivity index (χ0n) is 7.38. The lowest BCUT2D eigenvalue weighted by atomic mass is 10.3. The SMILES string of the molecule is COc1cccc(F)c1NCCO. The van der Waals surface area contributed by atoms with E-state index in [0.717, 1.165) is 0 Å². The van der Waals surface area contributed by atoms with Gasteiger partial charge in [0.15, 0.2) is 0 Å². The van der Waals surface area contributed by atoms with Crippen molar-refractivity contribution in [2.24, 2.45) is 0 Å². The van der Waals surface area contributed by atoms with Gasteiger partial charge in [-0.2, -0.15) is 0 Å². The molecular weight excluding hydrogens is 173 g/mol. The monoisotopic (exact) mass is 185 g/mol. The van der Waals surface area contributed by atoms with Crippen molar-refractivity contribution in [1.82, 2.24) is 0 Å². The molecular formula is C9H12FNO2. The van der Waals surface area contributed by atoms with Crippen molar-refractivity contribution in [2.45, 2.75) is 0 Å². The second-order valence-electron chi connectivity index (χ2n) is 2.47. The van der Waals surface area contributed by atoms with Gasteiger partial charge >= 0.3 is 0 Å². The van der Waals surface area contributed by atoms with Crippen molar-refractivity contribution in [3.63, 3.8) is 0 Å². The standard InChI is InChI=1S/C9H12FNO2/c1-13-8-4-2-3-7(10)9(8)11-5-6-12/h2-4,11-12H,5-6H2,1H3. The van der Waals surface area contributed by atoms with Crippen molar-refractivity contribution in [2.75, 3.05) is 25.6 Å². The van der Waals surface area contributed by atoms with Crippen LogP contribution >= 0.6 is 0 Å². The number of benzene rings is 1. The second kappa shape index (κ2) is 4.67. The first-order valence-corrected chi connectivity index (χ1v) is 3.97. The van der Waals surface area contributed by atoms with Crippen molar-refractivity contribution >= 4 is 5.69 Å². The highest BCUT2D eigenvalue weighted by Crippen LogP contribution is 2.26. The number of hydrogen-bond donors (Lipinski definition) is 2. The molecule has 3 nitrogen and oxygen atoms in total. The molecule has 0 saturated carbocycles. The van der Waals surface area contributed by atoms with Gasteiger partial charge in [0, 0.05) is 6.54 Å². The van der Waals surface area contributed by atoms with Crippen LogP contribution in [-0.4, -0.2) is 25.4 Å². The van der Waals surface area contributed by atoms with Crippen molar-refractivity contribution < 1.29 is 14.2 Å². The van der Waals surface area contributed by atoms with E-state index in [1.807, 2.05) is 0 Å².